The number of methoxy groups -OCH3 is 1. The molecule has 0 fully saturated rings. The summed E-state index contributed by atoms with van der Waals surface area (Å²) in [5, 5.41) is 11.1. The Bertz CT molecular complexity index is 821. The van der Waals surface area contributed by atoms with Crippen LogP contribution in [0.5, 0.6) is 17.2 Å². The standard InChI is InChI=1S/C16H12N3O3.Na.H/c1-20-12-7-11(8-13-16(12)22-9-21-13)15-14(17-19-18-15)10-5-3-2-4-6-10;;/h3-8H,9H2,1H3,(H,17,18,19);;. The number of fused-ring (bicyclic) bond motifs is 1. The number of rotatable bonds is 3. The van der Waals surface area contributed by atoms with E-state index in [2.05, 4.69) is 21.5 Å². The van der Waals surface area contributed by atoms with Crippen LogP contribution in [0.25, 0.3) is 22.5 Å². The number of nitrogens with zero attached hydrogens (tertiary/aromatic N) is 2. The number of hydrogen-bond donors (Lipinski definition) is 1. The first kappa shape index (κ1) is 15.9. The zero-order chi connectivity index (χ0) is 14.9. The van der Waals surface area contributed by atoms with Crippen molar-refractivity contribution in [1.29, 1.82) is 0 Å². The second-order valence-electron chi connectivity index (χ2n) is 4.74. The van der Waals surface area contributed by atoms with Gasteiger partial charge >= 0.3 is 29.6 Å². The summed E-state index contributed by atoms with van der Waals surface area (Å²) in [6.07, 6.45) is 0. The number of aromatic amines is 1. The van der Waals surface area contributed by atoms with Gasteiger partial charge in [-0.3, -0.25) is 5.10 Å². The molecule has 0 aliphatic carbocycles. The minimum atomic E-state index is 0. The van der Waals surface area contributed by atoms with Crippen LogP contribution < -0.4 is 14.2 Å². The first-order chi connectivity index (χ1) is 10.9. The van der Waals surface area contributed by atoms with E-state index < -0.39 is 0 Å². The van der Waals surface area contributed by atoms with Crippen LogP contribution in [0.2, 0.25) is 0 Å². The predicted octanol–water partition coefficient (Wildman–Crippen LogP) is 2.03. The topological polar surface area (TPSA) is 69.3 Å². The van der Waals surface area contributed by atoms with Gasteiger partial charge in [-0.1, -0.05) is 29.5 Å². The van der Waals surface area contributed by atoms with E-state index >= 15 is 0 Å². The summed E-state index contributed by atoms with van der Waals surface area (Å²) in [5.41, 5.74) is 3.38. The average Bonchev–Trinajstić information content (AvgIpc) is 3.23. The first-order valence-corrected chi connectivity index (χ1v) is 6.72. The van der Waals surface area contributed by atoms with E-state index in [1.807, 2.05) is 36.4 Å². The molecule has 7 heteroatoms. The second kappa shape index (κ2) is 6.62. The molecule has 1 aromatic heterocycles. The summed E-state index contributed by atoms with van der Waals surface area (Å²) < 4.78 is 16.2. The Morgan fingerprint density at radius 2 is 2.00 bits per heavy atom. The van der Waals surface area contributed by atoms with Crippen molar-refractivity contribution in [2.75, 3.05) is 13.9 Å². The van der Waals surface area contributed by atoms with Gasteiger partial charge in [0, 0.05) is 11.1 Å². The van der Waals surface area contributed by atoms with Crippen molar-refractivity contribution >= 4 is 29.6 Å². The Morgan fingerprint density at radius 3 is 2.78 bits per heavy atom. The number of hydrogen-bond acceptors (Lipinski definition) is 5. The van der Waals surface area contributed by atoms with Crippen molar-refractivity contribution in [3.63, 3.8) is 0 Å². The van der Waals surface area contributed by atoms with Gasteiger partial charge in [0.15, 0.2) is 11.5 Å². The van der Waals surface area contributed by atoms with Gasteiger partial charge < -0.3 is 14.2 Å². The van der Waals surface area contributed by atoms with Crippen LogP contribution >= 0.6 is 0 Å². The Morgan fingerprint density at radius 1 is 1.17 bits per heavy atom. The SMILES string of the molecule is COc1cc(-c2nn[nH]c2-c2cc[c]cc2)cc2c1OCO2.[NaH]. The molecule has 0 atom stereocenters. The van der Waals surface area contributed by atoms with Crippen molar-refractivity contribution in [2.24, 2.45) is 0 Å². The number of aromatic nitrogens is 3. The van der Waals surface area contributed by atoms with E-state index in [-0.39, 0.29) is 36.4 Å². The van der Waals surface area contributed by atoms with E-state index in [0.29, 0.717) is 17.2 Å². The molecule has 2 aromatic carbocycles. The predicted molar refractivity (Wildman–Crippen MR) is 85.9 cm³/mol. The molecular weight excluding hydrogens is 305 g/mol. The normalized spacial score (nSPS) is 11.9. The zero-order valence-electron chi connectivity index (χ0n) is 11.8. The molecule has 4 rings (SSSR count). The summed E-state index contributed by atoms with van der Waals surface area (Å²) in [6.45, 7) is 0.190. The van der Waals surface area contributed by atoms with Crippen LogP contribution in [0, 0.1) is 6.07 Å². The van der Waals surface area contributed by atoms with E-state index in [9.17, 15) is 0 Å². The molecule has 0 saturated heterocycles. The van der Waals surface area contributed by atoms with Crippen molar-refractivity contribution in [2.45, 2.75) is 0 Å². The Labute approximate surface area is 155 Å². The van der Waals surface area contributed by atoms with Gasteiger partial charge in [-0.05, 0) is 18.2 Å². The van der Waals surface area contributed by atoms with E-state index in [4.69, 9.17) is 14.2 Å². The molecule has 111 valence electrons. The van der Waals surface area contributed by atoms with Gasteiger partial charge in [-0.2, -0.15) is 0 Å². The van der Waals surface area contributed by atoms with Crippen molar-refractivity contribution < 1.29 is 14.2 Å². The average molecular weight is 318 g/mol. The molecule has 6 nitrogen and oxygen atoms in total. The molecule has 23 heavy (non-hydrogen) atoms. The van der Waals surface area contributed by atoms with Crippen molar-refractivity contribution in [3.8, 4) is 39.8 Å². The first-order valence-electron chi connectivity index (χ1n) is 6.72. The van der Waals surface area contributed by atoms with Crippen LogP contribution in [-0.2, 0) is 0 Å². The molecule has 0 saturated carbocycles. The fraction of sp³-hybridized carbons (Fsp3) is 0.125. The van der Waals surface area contributed by atoms with E-state index in [1.165, 1.54) is 0 Å². The second-order valence-corrected chi connectivity index (χ2v) is 4.74. The van der Waals surface area contributed by atoms with E-state index in [1.54, 1.807) is 7.11 Å². The maximum atomic E-state index is 5.46. The summed E-state index contributed by atoms with van der Waals surface area (Å²) in [6, 6.07) is 14.3. The minimum absolute atomic E-state index is 0. The molecule has 1 aliphatic rings. The summed E-state index contributed by atoms with van der Waals surface area (Å²) in [4.78, 5) is 0. The van der Waals surface area contributed by atoms with Crippen molar-refractivity contribution in [3.05, 3.63) is 42.5 Å². The van der Waals surface area contributed by atoms with Crippen LogP contribution in [0.4, 0.5) is 0 Å². The van der Waals surface area contributed by atoms with Gasteiger partial charge in [0.05, 0.1) is 12.8 Å². The fourth-order valence-electron chi connectivity index (χ4n) is 2.45. The third-order valence-electron chi connectivity index (χ3n) is 3.49. The van der Waals surface area contributed by atoms with Gasteiger partial charge in [0.1, 0.15) is 5.69 Å². The van der Waals surface area contributed by atoms with Crippen LogP contribution in [0.15, 0.2) is 36.4 Å². The molecule has 0 bridgehead atoms. The monoisotopic (exact) mass is 318 g/mol. The number of benzene rings is 2. The Hall–Kier alpha value is -2.02. The molecule has 3 aromatic rings. The Kier molecular flexibility index (Phi) is 4.56. The molecular formula is C16H13N3NaO3. The summed E-state index contributed by atoms with van der Waals surface area (Å²) >= 11 is 0. The van der Waals surface area contributed by atoms with Gasteiger partial charge in [0.25, 0.3) is 0 Å². The third kappa shape index (κ3) is 2.81. The molecule has 1 radical (unpaired) electrons. The molecule has 0 spiro atoms. The molecule has 0 amide bonds. The number of nitrogens with one attached hydrogen (secondary N) is 1. The molecule has 1 aliphatic heterocycles. The summed E-state index contributed by atoms with van der Waals surface area (Å²) in [5.74, 6) is 1.87. The number of H-pyrrole nitrogens is 1. The van der Waals surface area contributed by atoms with Crippen molar-refractivity contribution in [1.82, 2.24) is 15.4 Å². The Balaban J connectivity index is 0.00000156. The van der Waals surface area contributed by atoms with Crippen LogP contribution in [0.3, 0.4) is 0 Å². The van der Waals surface area contributed by atoms with Gasteiger partial charge in [-0.25, -0.2) is 0 Å². The van der Waals surface area contributed by atoms with E-state index in [0.717, 1.165) is 22.5 Å². The van der Waals surface area contributed by atoms with Gasteiger partial charge in [-0.15, -0.1) is 5.10 Å². The van der Waals surface area contributed by atoms with Crippen LogP contribution in [0.1, 0.15) is 0 Å². The van der Waals surface area contributed by atoms with Crippen LogP contribution in [-0.4, -0.2) is 58.9 Å². The quantitative estimate of drug-likeness (QED) is 0.748. The zero-order valence-corrected chi connectivity index (χ0v) is 11.8. The van der Waals surface area contributed by atoms with Gasteiger partial charge in [0.2, 0.25) is 12.5 Å². The summed E-state index contributed by atoms with van der Waals surface area (Å²) in [7, 11) is 1.60. The molecule has 2 heterocycles. The third-order valence-corrected chi connectivity index (χ3v) is 3.49. The molecule has 1 N–H and O–H groups in total. The fourth-order valence-corrected chi connectivity index (χ4v) is 2.45. The molecule has 0 unspecified atom stereocenters. The maximum absolute atomic E-state index is 5.46. The number of ether oxygens (including phenoxy) is 3.